The van der Waals surface area contributed by atoms with Crippen molar-refractivity contribution in [1.82, 2.24) is 40.0 Å². The van der Waals surface area contributed by atoms with Crippen molar-refractivity contribution >= 4 is 16.4 Å². The van der Waals surface area contributed by atoms with Gasteiger partial charge < -0.3 is 9.26 Å². The van der Waals surface area contributed by atoms with Crippen molar-refractivity contribution in [2.75, 3.05) is 0 Å². The Morgan fingerprint density at radius 1 is 1.19 bits per heavy atom. The second kappa shape index (κ2) is 5.87. The van der Waals surface area contributed by atoms with Crippen LogP contribution in [0, 0.1) is 6.92 Å². The summed E-state index contributed by atoms with van der Waals surface area (Å²) in [5.74, 6) is 1.35. The quantitative estimate of drug-likeness (QED) is 0.475. The second-order valence-electron chi connectivity index (χ2n) is 5.88. The molecular formula is C17H14N8O2. The molecule has 0 aliphatic rings. The van der Waals surface area contributed by atoms with Gasteiger partial charge in [-0.05, 0) is 13.0 Å². The Kier molecular flexibility index (Phi) is 2.72. The van der Waals surface area contributed by atoms with Crippen LogP contribution in [0.4, 0.5) is 0 Å². The highest BCUT2D eigenvalue weighted by molar-refractivity contribution is 5.96. The maximum absolute atomic E-state index is 7.38. The molecule has 1 aromatic carbocycles. The average Bonchev–Trinajstić information content (AvgIpc) is 3.44. The van der Waals surface area contributed by atoms with Gasteiger partial charge in [0.2, 0.25) is 11.7 Å². The van der Waals surface area contributed by atoms with E-state index in [2.05, 4.69) is 30.8 Å². The third-order valence-corrected chi connectivity index (χ3v) is 3.98. The highest BCUT2D eigenvalue weighted by Crippen LogP contribution is 2.29. The lowest BCUT2D eigenvalue weighted by molar-refractivity contribution is 0.289. The topological polar surface area (TPSA) is 109 Å². The maximum Gasteiger partial charge on any atom is 0.240 e. The van der Waals surface area contributed by atoms with Crippen molar-refractivity contribution in [1.29, 1.82) is 0 Å². The predicted octanol–water partition coefficient (Wildman–Crippen LogP) is 1.95. The van der Waals surface area contributed by atoms with E-state index >= 15 is 0 Å². The van der Waals surface area contributed by atoms with E-state index in [1.165, 1.54) is 10.7 Å². The van der Waals surface area contributed by atoms with E-state index in [0.29, 0.717) is 34.5 Å². The Labute approximate surface area is 156 Å². The van der Waals surface area contributed by atoms with Gasteiger partial charge in [0.25, 0.3) is 0 Å². The van der Waals surface area contributed by atoms with Crippen LogP contribution in [0.2, 0.25) is 0 Å². The fourth-order valence-corrected chi connectivity index (χ4v) is 2.80. The Bertz CT molecular complexity index is 1370. The lowest BCUT2D eigenvalue weighted by Crippen LogP contribution is -2.03. The summed E-state index contributed by atoms with van der Waals surface area (Å²) in [7, 11) is 0. The number of aryl methyl sites for hydroxylation is 2. The van der Waals surface area contributed by atoms with Crippen LogP contribution in [0.5, 0.6) is 5.88 Å². The fourth-order valence-electron chi connectivity index (χ4n) is 2.80. The van der Waals surface area contributed by atoms with E-state index < -0.39 is 6.98 Å². The van der Waals surface area contributed by atoms with Crippen molar-refractivity contribution in [2.24, 2.45) is 6.98 Å². The highest BCUT2D eigenvalue weighted by atomic mass is 16.5. The highest BCUT2D eigenvalue weighted by Gasteiger charge is 2.18. The SMILES string of the molecule is [2H]C([2H])([2H])n1cc(COc2nn3c(-c4cc(C)on4)nnc3c3ccccc23)nn1. The molecule has 0 radical (unpaired) electrons. The molecular weight excluding hydrogens is 348 g/mol. The number of benzene rings is 1. The normalized spacial score (nSPS) is 13.6. The van der Waals surface area contributed by atoms with Gasteiger partial charge in [-0.1, -0.05) is 28.6 Å². The summed E-state index contributed by atoms with van der Waals surface area (Å²) >= 11 is 0. The van der Waals surface area contributed by atoms with Gasteiger partial charge in [-0.3, -0.25) is 4.68 Å². The number of ether oxygens (including phenoxy) is 1. The van der Waals surface area contributed by atoms with Crippen molar-refractivity contribution in [2.45, 2.75) is 13.5 Å². The number of hydrogen-bond donors (Lipinski definition) is 0. The number of rotatable bonds is 4. The van der Waals surface area contributed by atoms with E-state index in [-0.39, 0.29) is 6.61 Å². The molecule has 10 nitrogen and oxygen atoms in total. The molecule has 0 aliphatic carbocycles. The lowest BCUT2D eigenvalue weighted by Gasteiger charge is -2.08. The van der Waals surface area contributed by atoms with Crippen molar-refractivity contribution < 1.29 is 13.4 Å². The summed E-state index contributed by atoms with van der Waals surface area (Å²) in [6.45, 7) is -0.634. The van der Waals surface area contributed by atoms with E-state index in [4.69, 9.17) is 13.4 Å². The molecule has 0 amide bonds. The Hall–Kier alpha value is -3.82. The summed E-state index contributed by atoms with van der Waals surface area (Å²) in [6, 6.07) is 9.21. The van der Waals surface area contributed by atoms with Gasteiger partial charge in [-0.25, -0.2) is 0 Å². The van der Waals surface area contributed by atoms with Crippen LogP contribution in [0.15, 0.2) is 41.1 Å². The zero-order chi connectivity index (χ0) is 20.9. The van der Waals surface area contributed by atoms with E-state index in [1.807, 2.05) is 24.3 Å². The molecule has 27 heavy (non-hydrogen) atoms. The van der Waals surface area contributed by atoms with Gasteiger partial charge >= 0.3 is 0 Å². The van der Waals surface area contributed by atoms with Gasteiger partial charge in [0.1, 0.15) is 18.1 Å². The minimum atomic E-state index is -2.40. The summed E-state index contributed by atoms with van der Waals surface area (Å²) in [5, 5.41) is 25.9. The Morgan fingerprint density at radius 2 is 2.07 bits per heavy atom. The molecule has 10 heteroatoms. The number of hydrogen-bond acceptors (Lipinski definition) is 8. The standard InChI is InChI=1S/C17H14N8O2/c1-10-7-14(22-27-10)16-20-19-15-12-5-3-4-6-13(12)17(21-25(15)16)26-9-11-8-24(2)23-18-11/h3-8H,9H2,1-2H3/i2D3. The molecule has 0 saturated heterocycles. The van der Waals surface area contributed by atoms with Crippen molar-refractivity contribution in [3.05, 3.63) is 48.0 Å². The number of aromatic nitrogens is 8. The smallest absolute Gasteiger partial charge is 0.240 e. The van der Waals surface area contributed by atoms with Gasteiger partial charge in [-0.15, -0.1) is 20.4 Å². The Morgan fingerprint density at radius 3 is 2.85 bits per heavy atom. The molecule has 4 aromatic heterocycles. The molecule has 4 heterocycles. The lowest BCUT2D eigenvalue weighted by atomic mass is 10.2. The Balaban J connectivity index is 1.57. The van der Waals surface area contributed by atoms with Crippen LogP contribution in [0.1, 0.15) is 15.6 Å². The van der Waals surface area contributed by atoms with Crippen molar-refractivity contribution in [3.8, 4) is 17.4 Å². The summed E-state index contributed by atoms with van der Waals surface area (Å²) in [5.41, 5.74) is 1.39. The molecule has 5 aromatic rings. The van der Waals surface area contributed by atoms with Crippen LogP contribution >= 0.6 is 0 Å². The molecule has 134 valence electrons. The molecule has 0 N–H and O–H groups in total. The summed E-state index contributed by atoms with van der Waals surface area (Å²) < 4.78 is 35.5. The first-order chi connectivity index (χ1) is 14.4. The zero-order valence-corrected chi connectivity index (χ0v) is 14.1. The molecule has 0 unspecified atom stereocenters. The van der Waals surface area contributed by atoms with Crippen LogP contribution in [-0.2, 0) is 13.6 Å². The largest absolute Gasteiger partial charge is 0.470 e. The molecule has 0 spiro atoms. The molecule has 0 aliphatic heterocycles. The third-order valence-electron chi connectivity index (χ3n) is 3.98. The van der Waals surface area contributed by atoms with E-state index in [0.717, 1.165) is 15.5 Å². The van der Waals surface area contributed by atoms with Gasteiger partial charge in [0.05, 0.1) is 6.20 Å². The molecule has 5 rings (SSSR count). The first-order valence-electron chi connectivity index (χ1n) is 9.52. The minimum Gasteiger partial charge on any atom is -0.470 e. The fraction of sp³-hybridized carbons (Fsp3) is 0.176. The minimum absolute atomic E-state index is 0.0148. The maximum atomic E-state index is 7.38. The molecule has 0 bridgehead atoms. The van der Waals surface area contributed by atoms with E-state index in [9.17, 15) is 0 Å². The molecule has 0 atom stereocenters. The first kappa shape index (κ1) is 12.5. The van der Waals surface area contributed by atoms with Crippen LogP contribution in [0.3, 0.4) is 0 Å². The van der Waals surface area contributed by atoms with Crippen LogP contribution < -0.4 is 4.74 Å². The van der Waals surface area contributed by atoms with Gasteiger partial charge in [-0.2, -0.15) is 4.52 Å². The monoisotopic (exact) mass is 365 g/mol. The van der Waals surface area contributed by atoms with Crippen LogP contribution in [0.25, 0.3) is 27.9 Å². The first-order valence-corrected chi connectivity index (χ1v) is 8.02. The van der Waals surface area contributed by atoms with E-state index in [1.54, 1.807) is 13.0 Å². The average molecular weight is 365 g/mol. The molecule has 0 fully saturated rings. The molecule has 0 saturated carbocycles. The second-order valence-corrected chi connectivity index (χ2v) is 5.88. The summed E-state index contributed by atoms with van der Waals surface area (Å²) in [4.78, 5) is 0. The predicted molar refractivity (Wildman–Crippen MR) is 93.9 cm³/mol. The zero-order valence-electron chi connectivity index (χ0n) is 17.1. The third kappa shape index (κ3) is 2.58. The number of nitrogens with zero attached hydrogens (tertiary/aromatic N) is 8. The number of fused-ring (bicyclic) bond motifs is 3. The van der Waals surface area contributed by atoms with Crippen LogP contribution in [-0.4, -0.2) is 40.0 Å². The summed E-state index contributed by atoms with van der Waals surface area (Å²) in [6.07, 6.45) is 1.32. The van der Waals surface area contributed by atoms with Gasteiger partial charge in [0.15, 0.2) is 11.3 Å². The van der Waals surface area contributed by atoms with Crippen molar-refractivity contribution in [3.63, 3.8) is 0 Å². The van der Waals surface area contributed by atoms with Gasteiger partial charge in [0, 0.05) is 27.9 Å².